The molecule has 0 radical (unpaired) electrons. The lowest BCUT2D eigenvalue weighted by molar-refractivity contribution is -0.150. The molecule has 2 saturated heterocycles. The number of aryl methyl sites for hydroxylation is 1. The molecule has 45 heavy (non-hydrogen) atoms. The maximum Gasteiger partial charge on any atom is 0.352 e. The summed E-state index contributed by atoms with van der Waals surface area (Å²) >= 11 is 3.36. The fraction of sp³-hybridized carbons (Fsp3) is 0.565. The van der Waals surface area contributed by atoms with Crippen molar-refractivity contribution in [2.75, 3.05) is 63.6 Å². The summed E-state index contributed by atoms with van der Waals surface area (Å²) in [5.41, 5.74) is 5.48. The third kappa shape index (κ3) is 7.69. The Balaban J connectivity index is 1.20. The van der Waals surface area contributed by atoms with Gasteiger partial charge < -0.3 is 35.9 Å². The Labute approximate surface area is 268 Å². The molecule has 0 bridgehead atoms. The zero-order valence-corrected chi connectivity index (χ0v) is 26.4. The number of hydrogen-bond donors (Lipinski definition) is 4. The molecule has 19 nitrogen and oxygen atoms in total. The Morgan fingerprint density at radius 2 is 1.98 bits per heavy atom. The van der Waals surface area contributed by atoms with Crippen LogP contribution in [0.5, 0.6) is 0 Å². The summed E-state index contributed by atoms with van der Waals surface area (Å²) in [7, 11) is 2.11. The molecule has 1 unspecified atom stereocenters. The number of anilines is 1. The number of carboxylic acid groups (broad SMARTS) is 2. The smallest absolute Gasteiger partial charge is 0.352 e. The molecule has 2 aromatic rings. The molecule has 2 fully saturated rings. The number of hydrogen-bond acceptors (Lipinski definition) is 17. The molecule has 0 saturated carbocycles. The zero-order valence-electron chi connectivity index (χ0n) is 23.9. The van der Waals surface area contributed by atoms with Crippen LogP contribution >= 0.6 is 35.1 Å². The molecule has 2 aromatic heterocycles. The van der Waals surface area contributed by atoms with E-state index in [1.807, 2.05) is 0 Å². The number of aromatic nitrogens is 6. The van der Waals surface area contributed by atoms with Gasteiger partial charge in [0.2, 0.25) is 23.3 Å². The van der Waals surface area contributed by atoms with Crippen LogP contribution in [0.25, 0.3) is 0 Å². The van der Waals surface area contributed by atoms with Crippen LogP contribution in [0.3, 0.4) is 0 Å². The number of nitrogens with one attached hydrogen (secondary N) is 1. The predicted molar refractivity (Wildman–Crippen MR) is 161 cm³/mol. The van der Waals surface area contributed by atoms with Gasteiger partial charge in [0.1, 0.15) is 17.1 Å². The van der Waals surface area contributed by atoms with E-state index in [9.17, 15) is 24.3 Å². The van der Waals surface area contributed by atoms with Crippen LogP contribution in [0.15, 0.2) is 21.6 Å². The SMILES string of the molecule is CN1CCN(CCCn2nnnc2SCC2=C(C(=O)O)N3C(=O)C(NC(=O)/C(=N\OCC(=O)O)c4nsc(N)n4)[C@H]3SC2)CC1. The second-order valence-electron chi connectivity index (χ2n) is 10.2. The second kappa shape index (κ2) is 14.5. The highest BCUT2D eigenvalue weighted by Crippen LogP contribution is 2.41. The number of nitrogens with two attached hydrogens (primary N) is 1. The lowest BCUT2D eigenvalue weighted by Gasteiger charge is -2.49. The first-order valence-corrected chi connectivity index (χ1v) is 16.4. The number of fused-ring (bicyclic) bond motifs is 1. The molecule has 0 spiro atoms. The van der Waals surface area contributed by atoms with Crippen molar-refractivity contribution in [1.82, 2.24) is 49.6 Å². The number of tetrazole rings is 1. The van der Waals surface area contributed by atoms with Gasteiger partial charge in [-0.1, -0.05) is 16.9 Å². The van der Waals surface area contributed by atoms with Crippen molar-refractivity contribution < 1.29 is 34.2 Å². The summed E-state index contributed by atoms with van der Waals surface area (Å²) in [6.45, 7) is 4.83. The number of amides is 2. The number of β-lactam (4-membered cyclic amide) rings is 1. The minimum absolute atomic E-state index is 0.0267. The zero-order chi connectivity index (χ0) is 32.1. The number of thioether (sulfide) groups is 2. The molecule has 2 atom stereocenters. The highest BCUT2D eigenvalue weighted by molar-refractivity contribution is 8.01. The Hall–Kier alpha value is -3.86. The monoisotopic (exact) mass is 682 g/mol. The number of rotatable bonds is 14. The van der Waals surface area contributed by atoms with Gasteiger partial charge in [-0.15, -0.1) is 16.9 Å². The molecule has 0 aromatic carbocycles. The molecular weight excluding hydrogens is 653 g/mol. The summed E-state index contributed by atoms with van der Waals surface area (Å²) < 4.78 is 5.60. The summed E-state index contributed by atoms with van der Waals surface area (Å²) in [6, 6.07) is -1.08. The second-order valence-corrected chi connectivity index (χ2v) is 13.0. The third-order valence-electron chi connectivity index (χ3n) is 7.06. The maximum absolute atomic E-state index is 13.2. The minimum Gasteiger partial charge on any atom is -0.479 e. The third-order valence-corrected chi connectivity index (χ3v) is 9.99. The fourth-order valence-corrected chi connectivity index (χ4v) is 7.60. The van der Waals surface area contributed by atoms with Crippen LogP contribution in [0.1, 0.15) is 12.2 Å². The van der Waals surface area contributed by atoms with Gasteiger partial charge in [-0.25, -0.2) is 14.3 Å². The average Bonchev–Trinajstić information content (AvgIpc) is 3.65. The highest BCUT2D eigenvalue weighted by Gasteiger charge is 2.54. The van der Waals surface area contributed by atoms with Crippen LogP contribution in [0.4, 0.5) is 5.13 Å². The lowest BCUT2D eigenvalue weighted by Crippen LogP contribution is -2.71. The number of nitrogens with zero attached hydrogens (tertiary/aromatic N) is 10. The number of carboxylic acids is 2. The normalized spacial score (nSPS) is 21.0. The van der Waals surface area contributed by atoms with Crippen molar-refractivity contribution in [3.05, 3.63) is 17.1 Å². The molecule has 5 N–H and O–H groups in total. The number of carbonyl (C=O) groups is 4. The van der Waals surface area contributed by atoms with Gasteiger partial charge in [0, 0.05) is 62.3 Å². The molecule has 2 amide bonds. The van der Waals surface area contributed by atoms with E-state index >= 15 is 0 Å². The maximum atomic E-state index is 13.2. The van der Waals surface area contributed by atoms with E-state index in [2.05, 4.69) is 52.2 Å². The van der Waals surface area contributed by atoms with E-state index in [1.54, 1.807) is 4.68 Å². The summed E-state index contributed by atoms with van der Waals surface area (Å²) in [5, 5.41) is 36.7. The Bertz CT molecular complexity index is 1510. The standard InChI is InChI=1S/C23H30N12O7S3/c1-32-5-7-33(8-6-32)3-2-4-34-23(27-30-31-34)44-11-12-10-43-20-15(19(39)35(20)16(12)21(40)41)25-18(38)14(28-42-9-13(36)37)17-26-22(24)45-29-17/h15,20H,2-11H2,1H3,(H,25,38)(H,36,37)(H,40,41)(H2,24,26,29)/b28-14-/t15?,20-/m1/s1. The molecule has 0 aliphatic carbocycles. The summed E-state index contributed by atoms with van der Waals surface area (Å²) in [4.78, 5) is 63.8. The van der Waals surface area contributed by atoms with Gasteiger partial charge >= 0.3 is 11.9 Å². The van der Waals surface area contributed by atoms with E-state index in [0.717, 1.165) is 55.6 Å². The van der Waals surface area contributed by atoms with Gasteiger partial charge in [-0.3, -0.25) is 14.5 Å². The number of piperazine rings is 1. The number of carbonyl (C=O) groups excluding carboxylic acids is 2. The van der Waals surface area contributed by atoms with E-state index in [1.165, 1.54) is 23.5 Å². The first-order chi connectivity index (χ1) is 21.6. The molecule has 5 rings (SSSR count). The number of likely N-dealkylation sites (N-methyl/N-ethyl adjacent to an activating group) is 1. The summed E-state index contributed by atoms with van der Waals surface area (Å²) in [6.07, 6.45) is 0.863. The number of nitrogen functional groups attached to an aromatic ring is 1. The van der Waals surface area contributed by atoms with E-state index in [4.69, 9.17) is 15.7 Å². The van der Waals surface area contributed by atoms with Crippen LogP contribution in [0, 0.1) is 0 Å². The Kier molecular flexibility index (Phi) is 10.5. The fourth-order valence-electron chi connectivity index (χ4n) is 4.78. The number of aliphatic carboxylic acids is 2. The van der Waals surface area contributed by atoms with Gasteiger partial charge in [0.25, 0.3) is 11.8 Å². The van der Waals surface area contributed by atoms with E-state index < -0.39 is 47.5 Å². The Morgan fingerprint density at radius 3 is 2.67 bits per heavy atom. The predicted octanol–water partition coefficient (Wildman–Crippen LogP) is -1.92. The molecule has 3 aliphatic heterocycles. The highest BCUT2D eigenvalue weighted by atomic mass is 32.2. The molecule has 3 aliphatic rings. The van der Waals surface area contributed by atoms with Gasteiger partial charge in [0.05, 0.1) is 0 Å². The summed E-state index contributed by atoms with van der Waals surface area (Å²) in [5.74, 6) is -3.83. The van der Waals surface area contributed by atoms with Crippen LogP contribution in [0.2, 0.25) is 0 Å². The van der Waals surface area contributed by atoms with Crippen molar-refractivity contribution in [2.24, 2.45) is 5.16 Å². The van der Waals surface area contributed by atoms with Crippen molar-refractivity contribution in [2.45, 2.75) is 29.5 Å². The van der Waals surface area contributed by atoms with Crippen molar-refractivity contribution in [3.8, 4) is 0 Å². The van der Waals surface area contributed by atoms with Gasteiger partial charge in [-0.05, 0) is 29.5 Å². The van der Waals surface area contributed by atoms with Crippen LogP contribution in [-0.2, 0) is 30.6 Å². The van der Waals surface area contributed by atoms with Crippen LogP contribution < -0.4 is 11.1 Å². The van der Waals surface area contributed by atoms with Gasteiger partial charge in [-0.2, -0.15) is 9.36 Å². The molecule has 242 valence electrons. The molecule has 22 heteroatoms. The molecule has 5 heterocycles. The topological polar surface area (TPSA) is 247 Å². The minimum atomic E-state index is -1.33. The molecular formula is C23H30N12O7S3. The van der Waals surface area contributed by atoms with Crippen molar-refractivity contribution >= 4 is 69.7 Å². The average molecular weight is 683 g/mol. The largest absolute Gasteiger partial charge is 0.479 e. The van der Waals surface area contributed by atoms with E-state index in [0.29, 0.717) is 17.3 Å². The van der Waals surface area contributed by atoms with Crippen molar-refractivity contribution in [1.29, 1.82) is 0 Å². The first-order valence-electron chi connectivity index (χ1n) is 13.6. The number of oxime groups is 1. The van der Waals surface area contributed by atoms with Crippen LogP contribution in [-0.4, -0.2) is 153 Å². The first kappa shape index (κ1) is 32.5. The Morgan fingerprint density at radius 1 is 1.20 bits per heavy atom. The van der Waals surface area contributed by atoms with E-state index in [-0.39, 0.29) is 28.2 Å². The quantitative estimate of drug-likeness (QED) is 0.0734. The van der Waals surface area contributed by atoms with Crippen molar-refractivity contribution in [3.63, 3.8) is 0 Å². The lowest BCUT2D eigenvalue weighted by atomic mass is 10.0. The van der Waals surface area contributed by atoms with Gasteiger partial charge in [0.15, 0.2) is 5.13 Å².